The maximum Gasteiger partial charge on any atom is 0.274 e. The average molecular weight is 300 g/mol. The molecule has 1 aromatic carbocycles. The third kappa shape index (κ3) is 3.59. The summed E-state index contributed by atoms with van der Waals surface area (Å²) in [6.45, 7) is 1.52. The Morgan fingerprint density at radius 2 is 2.10 bits per heavy atom. The zero-order valence-electron chi connectivity index (χ0n) is 10.7. The zero-order valence-corrected chi connectivity index (χ0v) is 11.6. The average Bonchev–Trinajstić information content (AvgIpc) is 2.36. The first kappa shape index (κ1) is 15.7. The van der Waals surface area contributed by atoms with E-state index in [1.165, 1.54) is 7.11 Å². The second-order valence-electron chi connectivity index (χ2n) is 3.49. The highest BCUT2D eigenvalue weighted by Crippen LogP contribution is 2.37. The first-order valence-electron chi connectivity index (χ1n) is 5.23. The first-order valence-corrected chi connectivity index (χ1v) is 6.77. The largest absolute Gasteiger partial charge is 0.492 e. The number of nitrogens with two attached hydrogens (primary N) is 1. The first-order chi connectivity index (χ1) is 9.31. The number of ether oxygens (including phenoxy) is 2. The smallest absolute Gasteiger partial charge is 0.274 e. The van der Waals surface area contributed by atoms with Gasteiger partial charge in [0.1, 0.15) is 11.5 Å². The van der Waals surface area contributed by atoms with Crippen molar-refractivity contribution in [3.63, 3.8) is 0 Å². The summed E-state index contributed by atoms with van der Waals surface area (Å²) in [5, 5.41) is 15.8. The minimum atomic E-state index is -4.20. The number of methoxy groups -OCH3 is 1. The maximum atomic E-state index is 11.5. The Labute approximate surface area is 115 Å². The van der Waals surface area contributed by atoms with Crippen LogP contribution in [-0.4, -0.2) is 27.1 Å². The topological polar surface area (TPSA) is 122 Å². The van der Waals surface area contributed by atoms with Gasteiger partial charge in [0.05, 0.1) is 18.1 Å². The molecule has 1 rings (SSSR count). The number of non-ortho nitro benzene ring substituents is 1. The van der Waals surface area contributed by atoms with Gasteiger partial charge in [-0.2, -0.15) is 0 Å². The van der Waals surface area contributed by atoms with E-state index in [9.17, 15) is 18.5 Å². The molecule has 0 radical (unpaired) electrons. The van der Waals surface area contributed by atoms with E-state index in [-0.39, 0.29) is 18.1 Å². The summed E-state index contributed by atoms with van der Waals surface area (Å²) in [6.07, 6.45) is 0. The summed E-state index contributed by atoms with van der Waals surface area (Å²) in [6, 6.07) is 1.86. The highest BCUT2D eigenvalue weighted by molar-refractivity contribution is 7.89. The Balaban J connectivity index is 3.49. The quantitative estimate of drug-likeness (QED) is 0.484. The van der Waals surface area contributed by atoms with E-state index in [0.717, 1.165) is 12.1 Å². The van der Waals surface area contributed by atoms with Crippen LogP contribution in [0.25, 0.3) is 0 Å². The van der Waals surface area contributed by atoms with E-state index >= 15 is 0 Å². The summed E-state index contributed by atoms with van der Waals surface area (Å²) >= 11 is 0. The van der Waals surface area contributed by atoms with Crippen LogP contribution in [0.1, 0.15) is 6.92 Å². The van der Waals surface area contributed by atoms with E-state index in [1.54, 1.807) is 6.92 Å². The Hall–Kier alpha value is -2.31. The second kappa shape index (κ2) is 6.23. The molecule has 0 heterocycles. The number of hydrogen-bond donors (Lipinski definition) is 1. The van der Waals surface area contributed by atoms with Gasteiger partial charge in [0.2, 0.25) is 10.0 Å². The van der Waals surface area contributed by atoms with Gasteiger partial charge in [-0.3, -0.25) is 10.1 Å². The molecule has 0 aliphatic carbocycles. The Bertz CT molecular complexity index is 687. The number of benzene rings is 1. The minimum absolute atomic E-state index is 0.0713. The maximum absolute atomic E-state index is 11.5. The Morgan fingerprint density at radius 1 is 1.45 bits per heavy atom. The van der Waals surface area contributed by atoms with E-state index in [1.807, 2.05) is 0 Å². The number of rotatable bonds is 5. The molecule has 2 N–H and O–H groups in total. The van der Waals surface area contributed by atoms with Crippen LogP contribution < -0.4 is 14.6 Å². The lowest BCUT2D eigenvalue weighted by Gasteiger charge is -2.12. The number of nitro groups is 1. The van der Waals surface area contributed by atoms with Crippen LogP contribution >= 0.6 is 0 Å². The van der Waals surface area contributed by atoms with Gasteiger partial charge in [-0.05, 0) is 6.92 Å². The van der Waals surface area contributed by atoms with Crippen molar-refractivity contribution in [2.24, 2.45) is 5.14 Å². The SMILES string of the molecule is CC#CCOc1cc([N+](=O)[O-])cc(S(N)(=O)=O)c1OC. The van der Waals surface area contributed by atoms with E-state index < -0.39 is 25.5 Å². The molecule has 0 unspecified atom stereocenters. The molecule has 8 nitrogen and oxygen atoms in total. The number of primary sulfonamides is 1. The van der Waals surface area contributed by atoms with Gasteiger partial charge in [0.15, 0.2) is 11.5 Å². The van der Waals surface area contributed by atoms with Crippen LogP contribution in [0, 0.1) is 22.0 Å². The predicted octanol–water partition coefficient (Wildman–Crippen LogP) is 0.653. The fourth-order valence-electron chi connectivity index (χ4n) is 1.37. The molecule has 0 atom stereocenters. The molecule has 20 heavy (non-hydrogen) atoms. The van der Waals surface area contributed by atoms with Crippen LogP contribution in [0.15, 0.2) is 17.0 Å². The fourth-order valence-corrected chi connectivity index (χ4v) is 2.10. The monoisotopic (exact) mass is 300 g/mol. The summed E-state index contributed by atoms with van der Waals surface area (Å²) in [7, 11) is -3.00. The highest BCUT2D eigenvalue weighted by Gasteiger charge is 2.24. The van der Waals surface area contributed by atoms with Crippen LogP contribution in [0.5, 0.6) is 11.5 Å². The Kier molecular flexibility index (Phi) is 4.90. The normalized spacial score (nSPS) is 10.3. The molecule has 108 valence electrons. The van der Waals surface area contributed by atoms with Gasteiger partial charge in [-0.25, -0.2) is 13.6 Å². The van der Waals surface area contributed by atoms with Crippen LogP contribution in [0.3, 0.4) is 0 Å². The van der Waals surface area contributed by atoms with Crippen molar-refractivity contribution in [2.45, 2.75) is 11.8 Å². The van der Waals surface area contributed by atoms with Crippen LogP contribution in [-0.2, 0) is 10.0 Å². The standard InChI is InChI=1S/C11H12N2O6S/c1-3-4-5-19-9-6-8(13(14)15)7-10(11(9)18-2)20(12,16)17/h6-7H,5H2,1-2H3,(H2,12,16,17). The number of sulfonamides is 1. The molecule has 1 aromatic rings. The molecule has 0 aromatic heterocycles. The summed E-state index contributed by atoms with van der Waals surface area (Å²) in [5.74, 6) is 4.83. The highest BCUT2D eigenvalue weighted by atomic mass is 32.2. The molecular formula is C11H12N2O6S. The van der Waals surface area contributed by atoms with Crippen molar-refractivity contribution in [3.8, 4) is 23.3 Å². The second-order valence-corrected chi connectivity index (χ2v) is 5.02. The molecule has 0 bridgehead atoms. The number of nitro benzene ring substituents is 1. The van der Waals surface area contributed by atoms with Crippen molar-refractivity contribution < 1.29 is 22.8 Å². The number of hydrogen-bond acceptors (Lipinski definition) is 6. The molecule has 0 saturated carbocycles. The molecule has 9 heteroatoms. The molecule has 0 spiro atoms. The molecule has 0 amide bonds. The van der Waals surface area contributed by atoms with Crippen LogP contribution in [0.2, 0.25) is 0 Å². The summed E-state index contributed by atoms with van der Waals surface area (Å²) in [4.78, 5) is 9.53. The van der Waals surface area contributed by atoms with Crippen molar-refractivity contribution >= 4 is 15.7 Å². The van der Waals surface area contributed by atoms with Crippen LogP contribution in [0.4, 0.5) is 5.69 Å². The van der Waals surface area contributed by atoms with Gasteiger partial charge in [-0.15, -0.1) is 5.92 Å². The van der Waals surface area contributed by atoms with Gasteiger partial charge in [0.25, 0.3) is 5.69 Å². The molecule has 0 aliphatic rings. The Morgan fingerprint density at radius 3 is 2.55 bits per heavy atom. The van der Waals surface area contributed by atoms with E-state index in [4.69, 9.17) is 14.6 Å². The van der Waals surface area contributed by atoms with Crippen molar-refractivity contribution in [2.75, 3.05) is 13.7 Å². The fraction of sp³-hybridized carbons (Fsp3) is 0.273. The molecule has 0 saturated heterocycles. The summed E-state index contributed by atoms with van der Waals surface area (Å²) in [5.41, 5.74) is -0.478. The van der Waals surface area contributed by atoms with Gasteiger partial charge in [0, 0.05) is 6.07 Å². The lowest BCUT2D eigenvalue weighted by Crippen LogP contribution is -2.14. The van der Waals surface area contributed by atoms with Crippen molar-refractivity contribution in [1.82, 2.24) is 0 Å². The van der Waals surface area contributed by atoms with Gasteiger partial charge >= 0.3 is 0 Å². The molecule has 0 fully saturated rings. The summed E-state index contributed by atoms with van der Waals surface area (Å²) < 4.78 is 33.0. The third-order valence-corrected chi connectivity index (χ3v) is 3.12. The zero-order chi connectivity index (χ0) is 15.3. The third-order valence-electron chi connectivity index (χ3n) is 2.20. The predicted molar refractivity (Wildman–Crippen MR) is 70.0 cm³/mol. The van der Waals surface area contributed by atoms with Crippen molar-refractivity contribution in [1.29, 1.82) is 0 Å². The van der Waals surface area contributed by atoms with Gasteiger partial charge < -0.3 is 9.47 Å². The van der Waals surface area contributed by atoms with Crippen molar-refractivity contribution in [3.05, 3.63) is 22.2 Å². The molecule has 0 aliphatic heterocycles. The molecular weight excluding hydrogens is 288 g/mol. The minimum Gasteiger partial charge on any atom is -0.492 e. The van der Waals surface area contributed by atoms with E-state index in [2.05, 4.69) is 11.8 Å². The van der Waals surface area contributed by atoms with E-state index in [0.29, 0.717) is 0 Å². The van der Waals surface area contributed by atoms with Gasteiger partial charge in [-0.1, -0.05) is 5.92 Å². The lowest BCUT2D eigenvalue weighted by molar-refractivity contribution is -0.385. The lowest BCUT2D eigenvalue weighted by atomic mass is 10.3. The number of nitrogens with zero attached hydrogens (tertiary/aromatic N) is 1.